The number of aromatic nitrogens is 4. The van der Waals surface area contributed by atoms with Gasteiger partial charge in [0, 0.05) is 6.54 Å². The molecule has 0 aliphatic carbocycles. The predicted molar refractivity (Wildman–Crippen MR) is 59.7 cm³/mol. The van der Waals surface area contributed by atoms with Crippen molar-refractivity contribution in [3.05, 3.63) is 36.2 Å². The lowest BCUT2D eigenvalue weighted by Gasteiger charge is -2.05. The molecular formula is C11H12N4O2. The van der Waals surface area contributed by atoms with E-state index in [2.05, 4.69) is 15.1 Å². The average Bonchev–Trinajstić information content (AvgIpc) is 2.84. The minimum absolute atomic E-state index is 0.329. The molecule has 2 aromatic heterocycles. The molecule has 2 heterocycles. The number of aldehydes is 1. The number of carbonyl (C=O) groups is 1. The van der Waals surface area contributed by atoms with Gasteiger partial charge in [-0.05, 0) is 19.1 Å². The van der Waals surface area contributed by atoms with Gasteiger partial charge >= 0.3 is 0 Å². The van der Waals surface area contributed by atoms with Gasteiger partial charge in [0.1, 0.15) is 24.4 Å². The summed E-state index contributed by atoms with van der Waals surface area (Å²) in [5, 5.41) is 4.04. The van der Waals surface area contributed by atoms with Gasteiger partial charge in [0.05, 0.1) is 6.20 Å². The van der Waals surface area contributed by atoms with E-state index in [0.717, 1.165) is 12.4 Å². The molecule has 0 bridgehead atoms. The predicted octanol–water partition coefficient (Wildman–Crippen LogP) is 1.08. The standard InChI is InChI=1S/C11H12N4O2/c1-2-15-11(13-8-14-15)7-17-10-4-3-9(6-16)12-5-10/h3-6,8H,2,7H2,1H3. The first-order valence-electron chi connectivity index (χ1n) is 5.24. The monoisotopic (exact) mass is 232 g/mol. The van der Waals surface area contributed by atoms with E-state index in [-0.39, 0.29) is 0 Å². The highest BCUT2D eigenvalue weighted by Crippen LogP contribution is 2.10. The molecule has 0 saturated heterocycles. The maximum Gasteiger partial charge on any atom is 0.168 e. The number of rotatable bonds is 5. The van der Waals surface area contributed by atoms with Crippen molar-refractivity contribution < 1.29 is 9.53 Å². The van der Waals surface area contributed by atoms with Gasteiger partial charge in [0.25, 0.3) is 0 Å². The number of nitrogens with zero attached hydrogens (tertiary/aromatic N) is 4. The van der Waals surface area contributed by atoms with Gasteiger partial charge in [0.15, 0.2) is 12.1 Å². The number of carbonyl (C=O) groups excluding carboxylic acids is 1. The molecule has 2 rings (SSSR count). The van der Waals surface area contributed by atoms with Crippen LogP contribution in [0.25, 0.3) is 0 Å². The number of pyridine rings is 1. The summed E-state index contributed by atoms with van der Waals surface area (Å²) < 4.78 is 7.25. The van der Waals surface area contributed by atoms with Gasteiger partial charge in [0.2, 0.25) is 0 Å². The van der Waals surface area contributed by atoms with Crippen LogP contribution in [0.4, 0.5) is 0 Å². The molecule has 6 nitrogen and oxygen atoms in total. The van der Waals surface area contributed by atoms with E-state index in [1.165, 1.54) is 12.5 Å². The maximum atomic E-state index is 10.4. The molecule has 88 valence electrons. The van der Waals surface area contributed by atoms with Crippen molar-refractivity contribution >= 4 is 6.29 Å². The minimum Gasteiger partial charge on any atom is -0.484 e. The minimum atomic E-state index is 0.329. The van der Waals surface area contributed by atoms with E-state index >= 15 is 0 Å². The average molecular weight is 232 g/mol. The van der Waals surface area contributed by atoms with Gasteiger partial charge in [-0.1, -0.05) is 0 Å². The molecule has 0 aliphatic rings. The third-order valence-electron chi connectivity index (χ3n) is 2.24. The van der Waals surface area contributed by atoms with Crippen molar-refractivity contribution in [1.29, 1.82) is 0 Å². The van der Waals surface area contributed by atoms with E-state index in [4.69, 9.17) is 4.74 Å². The quantitative estimate of drug-likeness (QED) is 0.721. The van der Waals surface area contributed by atoms with Crippen molar-refractivity contribution in [2.24, 2.45) is 0 Å². The number of hydrogen-bond donors (Lipinski definition) is 0. The highest BCUT2D eigenvalue weighted by atomic mass is 16.5. The third-order valence-corrected chi connectivity index (χ3v) is 2.24. The zero-order valence-electron chi connectivity index (χ0n) is 9.41. The number of hydrogen-bond acceptors (Lipinski definition) is 5. The second kappa shape index (κ2) is 5.20. The Balaban J connectivity index is 1.99. The van der Waals surface area contributed by atoms with Gasteiger partial charge in [-0.15, -0.1) is 0 Å². The molecule has 0 radical (unpaired) electrons. The second-order valence-electron chi connectivity index (χ2n) is 3.32. The Morgan fingerprint density at radius 1 is 1.41 bits per heavy atom. The fraction of sp³-hybridized carbons (Fsp3) is 0.273. The lowest BCUT2D eigenvalue weighted by atomic mass is 10.4. The van der Waals surface area contributed by atoms with Crippen LogP contribution in [0.15, 0.2) is 24.7 Å². The smallest absolute Gasteiger partial charge is 0.168 e. The Morgan fingerprint density at radius 3 is 2.94 bits per heavy atom. The lowest BCUT2D eigenvalue weighted by molar-refractivity contribution is 0.111. The van der Waals surface area contributed by atoms with Crippen LogP contribution in [0.1, 0.15) is 23.2 Å². The van der Waals surface area contributed by atoms with Crippen LogP contribution in [0.2, 0.25) is 0 Å². The van der Waals surface area contributed by atoms with Crippen LogP contribution in [0.5, 0.6) is 5.75 Å². The molecule has 6 heteroatoms. The van der Waals surface area contributed by atoms with Crippen molar-refractivity contribution in [3.8, 4) is 5.75 Å². The first kappa shape index (κ1) is 11.3. The summed E-state index contributed by atoms with van der Waals surface area (Å²) in [5.74, 6) is 1.35. The van der Waals surface area contributed by atoms with Crippen LogP contribution in [0, 0.1) is 0 Å². The molecule has 0 fully saturated rings. The summed E-state index contributed by atoms with van der Waals surface area (Å²) in [4.78, 5) is 18.4. The SMILES string of the molecule is CCn1ncnc1COc1ccc(C=O)nc1. The topological polar surface area (TPSA) is 69.9 Å². The van der Waals surface area contributed by atoms with Crippen LogP contribution in [-0.4, -0.2) is 26.0 Å². The maximum absolute atomic E-state index is 10.4. The molecule has 0 spiro atoms. The molecule has 0 saturated carbocycles. The van der Waals surface area contributed by atoms with E-state index in [1.54, 1.807) is 16.8 Å². The molecule has 0 aromatic carbocycles. The molecule has 2 aromatic rings. The Labute approximate surface area is 98.3 Å². The fourth-order valence-electron chi connectivity index (χ4n) is 1.36. The van der Waals surface area contributed by atoms with E-state index in [1.807, 2.05) is 6.92 Å². The molecule has 0 amide bonds. The highest BCUT2D eigenvalue weighted by Gasteiger charge is 2.03. The van der Waals surface area contributed by atoms with Crippen molar-refractivity contribution in [2.45, 2.75) is 20.1 Å². The highest BCUT2D eigenvalue weighted by molar-refractivity contribution is 5.71. The summed E-state index contributed by atoms with van der Waals surface area (Å²) in [5.41, 5.74) is 0.383. The van der Waals surface area contributed by atoms with Crippen LogP contribution in [0.3, 0.4) is 0 Å². The normalized spacial score (nSPS) is 10.2. The molecule has 0 atom stereocenters. The van der Waals surface area contributed by atoms with Crippen LogP contribution < -0.4 is 4.74 Å². The summed E-state index contributed by atoms with van der Waals surface area (Å²) >= 11 is 0. The zero-order valence-corrected chi connectivity index (χ0v) is 9.41. The Hall–Kier alpha value is -2.24. The molecular weight excluding hydrogens is 220 g/mol. The molecule has 0 unspecified atom stereocenters. The fourth-order valence-corrected chi connectivity index (χ4v) is 1.36. The molecule has 17 heavy (non-hydrogen) atoms. The van der Waals surface area contributed by atoms with Gasteiger partial charge in [-0.2, -0.15) is 5.10 Å². The third kappa shape index (κ3) is 2.66. The Bertz CT molecular complexity index is 492. The number of aryl methyl sites for hydroxylation is 1. The van der Waals surface area contributed by atoms with Crippen LogP contribution in [-0.2, 0) is 13.2 Å². The summed E-state index contributed by atoms with van der Waals surface area (Å²) in [7, 11) is 0. The van der Waals surface area contributed by atoms with E-state index in [9.17, 15) is 4.79 Å². The summed E-state index contributed by atoms with van der Waals surface area (Å²) in [6, 6.07) is 3.30. The van der Waals surface area contributed by atoms with Gasteiger partial charge < -0.3 is 4.74 Å². The second-order valence-corrected chi connectivity index (χ2v) is 3.32. The van der Waals surface area contributed by atoms with E-state index in [0.29, 0.717) is 24.3 Å². The largest absolute Gasteiger partial charge is 0.484 e. The molecule has 0 N–H and O–H groups in total. The zero-order chi connectivity index (χ0) is 12.1. The summed E-state index contributed by atoms with van der Waals surface area (Å²) in [6.07, 6.45) is 3.70. The first-order chi connectivity index (χ1) is 8.33. The number of ether oxygens (including phenoxy) is 1. The van der Waals surface area contributed by atoms with Crippen molar-refractivity contribution in [1.82, 2.24) is 19.7 Å². The first-order valence-corrected chi connectivity index (χ1v) is 5.24. The lowest BCUT2D eigenvalue weighted by Crippen LogP contribution is -2.07. The Morgan fingerprint density at radius 2 is 2.29 bits per heavy atom. The van der Waals surface area contributed by atoms with Gasteiger partial charge in [-0.25, -0.2) is 14.6 Å². The van der Waals surface area contributed by atoms with Gasteiger partial charge in [-0.3, -0.25) is 4.79 Å². The van der Waals surface area contributed by atoms with Crippen molar-refractivity contribution in [3.63, 3.8) is 0 Å². The van der Waals surface area contributed by atoms with E-state index < -0.39 is 0 Å². The molecule has 0 aliphatic heterocycles. The summed E-state index contributed by atoms with van der Waals surface area (Å²) in [6.45, 7) is 3.07. The van der Waals surface area contributed by atoms with Crippen LogP contribution >= 0.6 is 0 Å². The van der Waals surface area contributed by atoms with Crippen molar-refractivity contribution in [2.75, 3.05) is 0 Å². The Kier molecular flexibility index (Phi) is 3.44.